The Bertz CT molecular complexity index is 725. The summed E-state index contributed by atoms with van der Waals surface area (Å²) in [5.74, 6) is -0.173. The molecule has 3 rings (SSSR count). The zero-order chi connectivity index (χ0) is 17.1. The first-order chi connectivity index (χ1) is 11.5. The van der Waals surface area contributed by atoms with Crippen molar-refractivity contribution < 1.29 is 4.79 Å². The van der Waals surface area contributed by atoms with E-state index >= 15 is 0 Å². The van der Waals surface area contributed by atoms with E-state index in [9.17, 15) is 4.79 Å². The van der Waals surface area contributed by atoms with Crippen molar-refractivity contribution in [3.63, 3.8) is 0 Å². The molecule has 1 aromatic carbocycles. The van der Waals surface area contributed by atoms with Gasteiger partial charge in [-0.3, -0.25) is 9.69 Å². The lowest BCUT2D eigenvalue weighted by Gasteiger charge is -2.24. The molecule has 2 aromatic rings. The lowest BCUT2D eigenvalue weighted by atomic mass is 10.1. The zero-order valence-corrected chi connectivity index (χ0v) is 15.7. The van der Waals surface area contributed by atoms with E-state index in [2.05, 4.69) is 62.3 Å². The molecule has 2 atom stereocenters. The molecule has 0 radical (unpaired) electrons. The lowest BCUT2D eigenvalue weighted by Crippen LogP contribution is -2.37. The fourth-order valence-corrected chi connectivity index (χ4v) is 3.56. The molecule has 126 valence electrons. The van der Waals surface area contributed by atoms with Gasteiger partial charge in [0, 0.05) is 35.8 Å². The molecule has 1 aromatic heterocycles. The molecule has 0 bridgehead atoms. The summed E-state index contributed by atoms with van der Waals surface area (Å²) in [6.07, 6.45) is 2.51. The summed E-state index contributed by atoms with van der Waals surface area (Å²) in [5, 5.41) is 3.30. The minimum Gasteiger partial charge on any atom is -0.348 e. The standard InChI is InChI=1S/C18H19BrClN3O/c1-12(13-5-3-2-4-6-13)23-8-7-15(11-23)22-18(24)16-9-14(19)10-21-17(16)20/h2-6,9-10,12,15H,7-8,11H2,1H3,(H,22,24). The number of benzene rings is 1. The van der Waals surface area contributed by atoms with Crippen molar-refractivity contribution in [2.24, 2.45) is 0 Å². The summed E-state index contributed by atoms with van der Waals surface area (Å²) >= 11 is 9.35. The van der Waals surface area contributed by atoms with E-state index in [1.165, 1.54) is 5.56 Å². The molecule has 1 aliphatic rings. The predicted octanol–water partition coefficient (Wildman–Crippen LogP) is 4.06. The summed E-state index contributed by atoms with van der Waals surface area (Å²) < 4.78 is 0.739. The number of pyridine rings is 1. The molecular formula is C18H19BrClN3O. The van der Waals surface area contributed by atoms with E-state index in [0.29, 0.717) is 11.6 Å². The normalized spacial score (nSPS) is 19.2. The van der Waals surface area contributed by atoms with Crippen molar-refractivity contribution in [2.45, 2.75) is 25.4 Å². The number of likely N-dealkylation sites (tertiary alicyclic amines) is 1. The van der Waals surface area contributed by atoms with E-state index < -0.39 is 0 Å². The van der Waals surface area contributed by atoms with Gasteiger partial charge < -0.3 is 5.32 Å². The van der Waals surface area contributed by atoms with Gasteiger partial charge in [-0.2, -0.15) is 0 Å². The molecule has 1 amide bonds. The smallest absolute Gasteiger partial charge is 0.254 e. The summed E-state index contributed by atoms with van der Waals surface area (Å²) in [6.45, 7) is 4.00. The topological polar surface area (TPSA) is 45.2 Å². The van der Waals surface area contributed by atoms with Crippen LogP contribution in [-0.4, -0.2) is 34.9 Å². The number of halogens is 2. The van der Waals surface area contributed by atoms with E-state index in [4.69, 9.17) is 11.6 Å². The van der Waals surface area contributed by atoms with Gasteiger partial charge in [0.15, 0.2) is 0 Å². The van der Waals surface area contributed by atoms with Crippen LogP contribution >= 0.6 is 27.5 Å². The van der Waals surface area contributed by atoms with Gasteiger partial charge >= 0.3 is 0 Å². The Morgan fingerprint density at radius 1 is 1.42 bits per heavy atom. The SMILES string of the molecule is CC(c1ccccc1)N1CCC(NC(=O)c2cc(Br)cnc2Cl)C1. The van der Waals surface area contributed by atoms with E-state index in [1.54, 1.807) is 12.3 Å². The van der Waals surface area contributed by atoms with Crippen LogP contribution in [0.2, 0.25) is 5.15 Å². The number of hydrogen-bond acceptors (Lipinski definition) is 3. The van der Waals surface area contributed by atoms with Gasteiger partial charge in [-0.1, -0.05) is 41.9 Å². The molecule has 0 saturated carbocycles. The minimum atomic E-state index is -0.173. The first-order valence-electron chi connectivity index (χ1n) is 7.95. The van der Waals surface area contributed by atoms with Crippen LogP contribution in [0.5, 0.6) is 0 Å². The number of nitrogens with one attached hydrogen (secondary N) is 1. The summed E-state index contributed by atoms with van der Waals surface area (Å²) in [5.41, 5.74) is 1.70. The van der Waals surface area contributed by atoms with Crippen molar-refractivity contribution in [1.29, 1.82) is 0 Å². The van der Waals surface area contributed by atoms with Gasteiger partial charge in [-0.25, -0.2) is 4.98 Å². The molecule has 2 unspecified atom stereocenters. The van der Waals surface area contributed by atoms with Crippen LogP contribution in [0.1, 0.15) is 35.3 Å². The van der Waals surface area contributed by atoms with Crippen molar-refractivity contribution >= 4 is 33.4 Å². The highest BCUT2D eigenvalue weighted by Crippen LogP contribution is 2.25. The molecule has 0 spiro atoms. The van der Waals surface area contributed by atoms with E-state index in [0.717, 1.165) is 24.0 Å². The van der Waals surface area contributed by atoms with E-state index in [1.807, 2.05) is 6.07 Å². The zero-order valence-electron chi connectivity index (χ0n) is 13.4. The van der Waals surface area contributed by atoms with Crippen molar-refractivity contribution in [1.82, 2.24) is 15.2 Å². The Kier molecular flexibility index (Phi) is 5.54. The third-order valence-corrected chi connectivity index (χ3v) is 5.17. The molecule has 1 saturated heterocycles. The first-order valence-corrected chi connectivity index (χ1v) is 9.12. The largest absolute Gasteiger partial charge is 0.348 e. The average Bonchev–Trinajstić information content (AvgIpc) is 3.05. The Morgan fingerprint density at radius 2 is 2.17 bits per heavy atom. The second kappa shape index (κ2) is 7.64. The highest BCUT2D eigenvalue weighted by molar-refractivity contribution is 9.10. The number of hydrogen-bond donors (Lipinski definition) is 1. The van der Waals surface area contributed by atoms with E-state index in [-0.39, 0.29) is 17.1 Å². The predicted molar refractivity (Wildman–Crippen MR) is 99.2 cm³/mol. The Balaban J connectivity index is 1.62. The maximum absolute atomic E-state index is 12.4. The average molecular weight is 409 g/mol. The Hall–Kier alpha value is -1.43. The lowest BCUT2D eigenvalue weighted by molar-refractivity contribution is 0.0936. The Morgan fingerprint density at radius 3 is 2.92 bits per heavy atom. The van der Waals surface area contributed by atoms with Gasteiger partial charge in [-0.15, -0.1) is 0 Å². The van der Waals surface area contributed by atoms with Gasteiger partial charge in [0.05, 0.1) is 5.56 Å². The number of aromatic nitrogens is 1. The molecule has 1 N–H and O–H groups in total. The molecule has 24 heavy (non-hydrogen) atoms. The highest BCUT2D eigenvalue weighted by Gasteiger charge is 2.28. The second-order valence-corrected chi connectivity index (χ2v) is 7.31. The number of amides is 1. The van der Waals surface area contributed by atoms with Crippen LogP contribution in [0, 0.1) is 0 Å². The maximum atomic E-state index is 12.4. The molecule has 1 fully saturated rings. The summed E-state index contributed by atoms with van der Waals surface area (Å²) in [7, 11) is 0. The molecule has 1 aliphatic heterocycles. The fraction of sp³-hybridized carbons (Fsp3) is 0.333. The quantitative estimate of drug-likeness (QED) is 0.776. The van der Waals surface area contributed by atoms with Crippen LogP contribution in [0.15, 0.2) is 47.1 Å². The summed E-state index contributed by atoms with van der Waals surface area (Å²) in [6, 6.07) is 12.6. The van der Waals surface area contributed by atoms with Crippen molar-refractivity contribution in [2.75, 3.05) is 13.1 Å². The third kappa shape index (κ3) is 3.97. The van der Waals surface area contributed by atoms with Gasteiger partial charge in [0.25, 0.3) is 5.91 Å². The molecule has 4 nitrogen and oxygen atoms in total. The van der Waals surface area contributed by atoms with Crippen LogP contribution in [-0.2, 0) is 0 Å². The first kappa shape index (κ1) is 17.4. The van der Waals surface area contributed by atoms with Crippen LogP contribution in [0.3, 0.4) is 0 Å². The van der Waals surface area contributed by atoms with Gasteiger partial charge in [-0.05, 0) is 40.9 Å². The molecular weight excluding hydrogens is 390 g/mol. The van der Waals surface area contributed by atoms with Gasteiger partial charge in [0.1, 0.15) is 5.15 Å². The maximum Gasteiger partial charge on any atom is 0.254 e. The highest BCUT2D eigenvalue weighted by atomic mass is 79.9. The van der Waals surface area contributed by atoms with Crippen molar-refractivity contribution in [3.05, 3.63) is 63.3 Å². The van der Waals surface area contributed by atoms with Crippen LogP contribution in [0.25, 0.3) is 0 Å². The fourth-order valence-electron chi connectivity index (χ4n) is 3.04. The molecule has 2 heterocycles. The van der Waals surface area contributed by atoms with Crippen LogP contribution in [0.4, 0.5) is 0 Å². The molecule has 6 heteroatoms. The third-order valence-electron chi connectivity index (χ3n) is 4.43. The Labute approximate surface area is 155 Å². The monoisotopic (exact) mass is 407 g/mol. The minimum absolute atomic E-state index is 0.124. The number of nitrogens with zero attached hydrogens (tertiary/aromatic N) is 2. The summed E-state index contributed by atoms with van der Waals surface area (Å²) in [4.78, 5) is 18.8. The second-order valence-electron chi connectivity index (χ2n) is 6.03. The molecule has 0 aliphatic carbocycles. The van der Waals surface area contributed by atoms with Crippen molar-refractivity contribution in [3.8, 4) is 0 Å². The number of carbonyl (C=O) groups is 1. The van der Waals surface area contributed by atoms with Gasteiger partial charge in [0.2, 0.25) is 0 Å². The number of carbonyl (C=O) groups excluding carboxylic acids is 1. The van der Waals surface area contributed by atoms with Crippen LogP contribution < -0.4 is 5.32 Å². The number of rotatable bonds is 4.